The Balaban J connectivity index is 2.03. The van der Waals surface area contributed by atoms with E-state index in [4.69, 9.17) is 9.47 Å². The van der Waals surface area contributed by atoms with Crippen molar-refractivity contribution in [1.82, 2.24) is 0 Å². The number of carbonyl (C=O) groups excluding carboxylic acids is 1. The van der Waals surface area contributed by atoms with Crippen molar-refractivity contribution >= 4 is 12.0 Å². The molecule has 2 rings (SSSR count). The minimum atomic E-state index is -0.641. The van der Waals surface area contributed by atoms with Crippen molar-refractivity contribution in [3.63, 3.8) is 0 Å². The summed E-state index contributed by atoms with van der Waals surface area (Å²) in [4.78, 5) is 13.6. The predicted octanol–water partition coefficient (Wildman–Crippen LogP) is 3.66. The van der Waals surface area contributed by atoms with Crippen LogP contribution in [-0.4, -0.2) is 32.3 Å². The van der Waals surface area contributed by atoms with Crippen LogP contribution in [0, 0.1) is 0 Å². The van der Waals surface area contributed by atoms with Gasteiger partial charge in [0, 0.05) is 18.8 Å². The van der Waals surface area contributed by atoms with Crippen LogP contribution in [0.15, 0.2) is 60.7 Å². The highest BCUT2D eigenvalue weighted by Gasteiger charge is 2.19. The molecule has 24 heavy (non-hydrogen) atoms. The molecule has 128 valence electrons. The van der Waals surface area contributed by atoms with E-state index in [0.29, 0.717) is 19.8 Å². The fourth-order valence-corrected chi connectivity index (χ4v) is 2.39. The number of ether oxygens (including phenoxy) is 2. The van der Waals surface area contributed by atoms with Crippen molar-refractivity contribution in [2.24, 2.45) is 0 Å². The summed E-state index contributed by atoms with van der Waals surface area (Å²) in [5.41, 5.74) is 1.99. The minimum Gasteiger partial charge on any atom is -0.380 e. The Morgan fingerprint density at radius 2 is 1.67 bits per heavy atom. The number of hydrogen-bond acceptors (Lipinski definition) is 4. The fourth-order valence-electron chi connectivity index (χ4n) is 2.39. The maximum absolute atomic E-state index is 11.6. The summed E-state index contributed by atoms with van der Waals surface area (Å²) in [5, 5.41) is 0. The minimum absolute atomic E-state index is 0.392. The first-order chi connectivity index (χ1) is 11.8. The predicted molar refractivity (Wildman–Crippen MR) is 96.0 cm³/mol. The van der Waals surface area contributed by atoms with Gasteiger partial charge >= 0.3 is 0 Å². The molecule has 0 spiro atoms. The molecular formula is C20H25NO3. The summed E-state index contributed by atoms with van der Waals surface area (Å²) in [6.45, 7) is 4.35. The van der Waals surface area contributed by atoms with Crippen molar-refractivity contribution in [1.29, 1.82) is 0 Å². The molecule has 0 radical (unpaired) electrons. The molecule has 0 fully saturated rings. The van der Waals surface area contributed by atoms with E-state index in [1.165, 1.54) is 0 Å². The average molecular weight is 327 g/mol. The zero-order chi connectivity index (χ0) is 17.0. The molecule has 4 nitrogen and oxygen atoms in total. The van der Waals surface area contributed by atoms with Gasteiger partial charge in [0.25, 0.3) is 0 Å². The molecular weight excluding hydrogens is 302 g/mol. The van der Waals surface area contributed by atoms with Crippen LogP contribution in [-0.2, 0) is 20.9 Å². The van der Waals surface area contributed by atoms with Crippen LogP contribution in [0.3, 0.4) is 0 Å². The number of hydrogen-bond donors (Lipinski definition) is 0. The molecule has 1 unspecified atom stereocenters. The summed E-state index contributed by atoms with van der Waals surface area (Å²) in [6.07, 6.45) is 1.18. The number of benzene rings is 2. The van der Waals surface area contributed by atoms with Crippen LogP contribution >= 0.6 is 0 Å². The van der Waals surface area contributed by atoms with Gasteiger partial charge in [0.15, 0.2) is 12.5 Å². The highest BCUT2D eigenvalue weighted by molar-refractivity contribution is 5.64. The number of anilines is 1. The zero-order valence-electron chi connectivity index (χ0n) is 14.1. The molecule has 0 bridgehead atoms. The van der Waals surface area contributed by atoms with E-state index in [-0.39, 0.29) is 0 Å². The van der Waals surface area contributed by atoms with Crippen LogP contribution in [0.4, 0.5) is 5.69 Å². The van der Waals surface area contributed by atoms with E-state index in [9.17, 15) is 4.79 Å². The van der Waals surface area contributed by atoms with Crippen LogP contribution in [0.2, 0.25) is 0 Å². The van der Waals surface area contributed by atoms with Crippen molar-refractivity contribution in [3.05, 3.63) is 66.2 Å². The Morgan fingerprint density at radius 1 is 1.00 bits per heavy atom. The summed E-state index contributed by atoms with van der Waals surface area (Å²) in [5.74, 6) is 0. The number of rotatable bonds is 11. The average Bonchev–Trinajstić information content (AvgIpc) is 2.65. The van der Waals surface area contributed by atoms with Crippen LogP contribution in [0.1, 0.15) is 18.9 Å². The summed E-state index contributed by atoms with van der Waals surface area (Å²) in [6, 6.07) is 19.7. The summed E-state index contributed by atoms with van der Waals surface area (Å²) in [7, 11) is 0. The Morgan fingerprint density at radius 3 is 2.29 bits per heavy atom. The molecule has 0 heterocycles. The van der Waals surface area contributed by atoms with Crippen LogP contribution < -0.4 is 4.90 Å². The lowest BCUT2D eigenvalue weighted by molar-refractivity contribution is -0.119. The SMILES string of the molecule is CCCOCCN(c1ccccc1)C(C=O)OCc1ccccc1. The monoisotopic (exact) mass is 327 g/mol. The van der Waals surface area contributed by atoms with E-state index in [1.807, 2.05) is 65.6 Å². The fraction of sp³-hybridized carbons (Fsp3) is 0.350. The van der Waals surface area contributed by atoms with Crippen LogP contribution in [0.5, 0.6) is 0 Å². The highest BCUT2D eigenvalue weighted by Crippen LogP contribution is 2.17. The molecule has 0 amide bonds. The Kier molecular flexibility index (Phi) is 8.01. The first kappa shape index (κ1) is 18.2. The molecule has 0 aliphatic rings. The van der Waals surface area contributed by atoms with E-state index < -0.39 is 6.23 Å². The van der Waals surface area contributed by atoms with E-state index in [2.05, 4.69) is 6.92 Å². The first-order valence-corrected chi connectivity index (χ1v) is 8.35. The number of carbonyl (C=O) groups is 1. The topological polar surface area (TPSA) is 38.8 Å². The molecule has 2 aromatic carbocycles. The molecule has 1 atom stereocenters. The van der Waals surface area contributed by atoms with Gasteiger partial charge in [-0.25, -0.2) is 0 Å². The lowest BCUT2D eigenvalue weighted by Crippen LogP contribution is -2.41. The maximum Gasteiger partial charge on any atom is 0.187 e. The maximum atomic E-state index is 11.6. The van der Waals surface area contributed by atoms with Gasteiger partial charge in [-0.3, -0.25) is 4.79 Å². The largest absolute Gasteiger partial charge is 0.380 e. The first-order valence-electron chi connectivity index (χ1n) is 8.35. The smallest absolute Gasteiger partial charge is 0.187 e. The van der Waals surface area contributed by atoms with Crippen molar-refractivity contribution in [2.75, 3.05) is 24.7 Å². The molecule has 0 aromatic heterocycles. The van der Waals surface area contributed by atoms with Gasteiger partial charge in [-0.2, -0.15) is 0 Å². The van der Waals surface area contributed by atoms with Crippen LogP contribution in [0.25, 0.3) is 0 Å². The van der Waals surface area contributed by atoms with Gasteiger partial charge < -0.3 is 14.4 Å². The second-order valence-corrected chi connectivity index (χ2v) is 5.46. The Bertz CT molecular complexity index is 574. The zero-order valence-corrected chi connectivity index (χ0v) is 14.1. The molecule has 0 saturated carbocycles. The van der Waals surface area contributed by atoms with Gasteiger partial charge in [0.05, 0.1) is 13.2 Å². The third kappa shape index (κ3) is 5.80. The molecule has 0 aliphatic carbocycles. The molecule has 0 aliphatic heterocycles. The molecule has 0 saturated heterocycles. The second-order valence-electron chi connectivity index (χ2n) is 5.46. The Labute approximate surface area is 144 Å². The highest BCUT2D eigenvalue weighted by atomic mass is 16.5. The van der Waals surface area contributed by atoms with Gasteiger partial charge in [-0.15, -0.1) is 0 Å². The normalized spacial score (nSPS) is 11.9. The number of aldehydes is 1. The van der Waals surface area contributed by atoms with Gasteiger partial charge in [-0.1, -0.05) is 55.5 Å². The van der Waals surface area contributed by atoms with E-state index in [1.54, 1.807) is 0 Å². The summed E-state index contributed by atoms with van der Waals surface area (Å²) >= 11 is 0. The third-order valence-electron chi connectivity index (χ3n) is 3.60. The van der Waals surface area contributed by atoms with Crippen molar-refractivity contribution in [2.45, 2.75) is 26.2 Å². The van der Waals surface area contributed by atoms with Gasteiger partial charge in [0.2, 0.25) is 0 Å². The van der Waals surface area contributed by atoms with Gasteiger partial charge in [-0.05, 0) is 24.1 Å². The number of para-hydroxylation sites is 1. The standard InChI is InChI=1S/C20H25NO3/c1-2-14-23-15-13-21(19-11-7-4-8-12-19)20(16-22)24-17-18-9-5-3-6-10-18/h3-12,16,20H,2,13-15,17H2,1H3. The third-order valence-corrected chi connectivity index (χ3v) is 3.60. The van der Waals surface area contributed by atoms with Gasteiger partial charge in [0.1, 0.15) is 0 Å². The molecule has 2 aromatic rings. The Hall–Kier alpha value is -2.17. The van der Waals surface area contributed by atoms with E-state index >= 15 is 0 Å². The molecule has 4 heteroatoms. The summed E-state index contributed by atoms with van der Waals surface area (Å²) < 4.78 is 11.4. The van der Waals surface area contributed by atoms with Crippen molar-refractivity contribution in [3.8, 4) is 0 Å². The quantitative estimate of drug-likeness (QED) is 0.359. The lowest BCUT2D eigenvalue weighted by Gasteiger charge is -2.30. The molecule has 0 N–H and O–H groups in total. The van der Waals surface area contributed by atoms with E-state index in [0.717, 1.165) is 30.6 Å². The van der Waals surface area contributed by atoms with Crippen molar-refractivity contribution < 1.29 is 14.3 Å². The second kappa shape index (κ2) is 10.6. The number of nitrogens with zero attached hydrogens (tertiary/aromatic N) is 1. The lowest BCUT2D eigenvalue weighted by atomic mass is 10.2.